The summed E-state index contributed by atoms with van der Waals surface area (Å²) in [6, 6.07) is 0.904. The summed E-state index contributed by atoms with van der Waals surface area (Å²) in [7, 11) is 0. The molecule has 0 aliphatic heterocycles. The van der Waals surface area contributed by atoms with Crippen molar-refractivity contribution in [3.63, 3.8) is 0 Å². The van der Waals surface area contributed by atoms with Crippen LogP contribution in [0.1, 0.15) is 50.3 Å². The van der Waals surface area contributed by atoms with Crippen LogP contribution in [0.25, 0.3) is 0 Å². The third-order valence-electron chi connectivity index (χ3n) is 3.77. The van der Waals surface area contributed by atoms with Crippen molar-refractivity contribution in [2.24, 2.45) is 0 Å². The van der Waals surface area contributed by atoms with Gasteiger partial charge in [0.25, 0.3) is 0 Å². The molecule has 1 aromatic heterocycles. The molecule has 1 aliphatic carbocycles. The van der Waals surface area contributed by atoms with Gasteiger partial charge < -0.3 is 11.1 Å². The molecule has 1 atom stereocenters. The predicted molar refractivity (Wildman–Crippen MR) is 67.5 cm³/mol. The van der Waals surface area contributed by atoms with Crippen LogP contribution in [0.5, 0.6) is 0 Å². The fourth-order valence-electron chi connectivity index (χ4n) is 2.41. The summed E-state index contributed by atoms with van der Waals surface area (Å²) >= 11 is 0. The monoisotopic (exact) mass is 273 g/mol. The van der Waals surface area contributed by atoms with Gasteiger partial charge in [0.2, 0.25) is 0 Å². The van der Waals surface area contributed by atoms with E-state index in [1.54, 1.807) is 0 Å². The minimum absolute atomic E-state index is 0.0270. The summed E-state index contributed by atoms with van der Waals surface area (Å²) in [6.45, 7) is 3.93. The van der Waals surface area contributed by atoms with Crippen molar-refractivity contribution in [3.05, 3.63) is 23.4 Å². The molecule has 2 rings (SSSR count). The largest absolute Gasteiger partial charge is 0.419 e. The van der Waals surface area contributed by atoms with Crippen LogP contribution >= 0.6 is 0 Å². The van der Waals surface area contributed by atoms with Crippen LogP contribution in [0.4, 0.5) is 19.0 Å². The smallest absolute Gasteiger partial charge is 0.383 e. The van der Waals surface area contributed by atoms with Gasteiger partial charge in [0.15, 0.2) is 0 Å². The molecule has 1 aromatic rings. The summed E-state index contributed by atoms with van der Waals surface area (Å²) in [5, 5.41) is 3.36. The number of aromatic nitrogens is 1. The molecule has 1 aliphatic rings. The molecule has 3 N–H and O–H groups in total. The number of nitrogens with one attached hydrogen (secondary N) is 1. The fourth-order valence-corrected chi connectivity index (χ4v) is 2.41. The van der Waals surface area contributed by atoms with Crippen molar-refractivity contribution in [1.29, 1.82) is 0 Å². The van der Waals surface area contributed by atoms with Crippen LogP contribution < -0.4 is 11.1 Å². The fraction of sp³-hybridized carbons (Fsp3) is 0.615. The minimum Gasteiger partial charge on any atom is -0.383 e. The maximum Gasteiger partial charge on any atom is 0.419 e. The highest BCUT2D eigenvalue weighted by Crippen LogP contribution is 2.36. The van der Waals surface area contributed by atoms with Gasteiger partial charge in [0, 0.05) is 17.8 Å². The number of pyridine rings is 1. The number of hydrogen-bond donors (Lipinski definition) is 2. The molecule has 0 saturated heterocycles. The molecule has 0 spiro atoms. The quantitative estimate of drug-likeness (QED) is 0.888. The molecule has 3 nitrogen and oxygen atoms in total. The van der Waals surface area contributed by atoms with Crippen molar-refractivity contribution in [1.82, 2.24) is 10.3 Å². The molecule has 19 heavy (non-hydrogen) atoms. The van der Waals surface area contributed by atoms with Gasteiger partial charge in [-0.05, 0) is 44.7 Å². The van der Waals surface area contributed by atoms with Crippen molar-refractivity contribution in [2.45, 2.75) is 50.9 Å². The average Bonchev–Trinajstić information content (AvgIpc) is 2.25. The van der Waals surface area contributed by atoms with E-state index in [2.05, 4.69) is 17.2 Å². The average molecular weight is 273 g/mol. The summed E-state index contributed by atoms with van der Waals surface area (Å²) in [5.41, 5.74) is 4.96. The number of alkyl halides is 3. The maximum atomic E-state index is 12.8. The minimum atomic E-state index is -4.47. The van der Waals surface area contributed by atoms with E-state index in [1.807, 2.05) is 6.92 Å². The Labute approximate surface area is 110 Å². The van der Waals surface area contributed by atoms with Crippen LogP contribution in [0, 0.1) is 0 Å². The van der Waals surface area contributed by atoms with Crippen molar-refractivity contribution >= 4 is 5.82 Å². The Kier molecular flexibility index (Phi) is 3.47. The number of anilines is 1. The van der Waals surface area contributed by atoms with Gasteiger partial charge in [-0.25, -0.2) is 4.98 Å². The second kappa shape index (κ2) is 4.67. The zero-order valence-electron chi connectivity index (χ0n) is 11.0. The van der Waals surface area contributed by atoms with Crippen molar-refractivity contribution in [2.75, 3.05) is 5.73 Å². The lowest BCUT2D eigenvalue weighted by Crippen LogP contribution is -2.49. The second-order valence-corrected chi connectivity index (χ2v) is 5.48. The molecule has 106 valence electrons. The van der Waals surface area contributed by atoms with E-state index in [1.165, 1.54) is 6.20 Å². The third kappa shape index (κ3) is 3.00. The number of nitrogens with zero attached hydrogens (tertiary/aromatic N) is 1. The van der Waals surface area contributed by atoms with E-state index < -0.39 is 17.6 Å². The standard InChI is InChI=1S/C13H18F3N3/c1-8(19-12(2)4-3-5-12)9-6-10(13(14,15)16)11(17)18-7-9/h6-8,19H,3-5H2,1-2H3,(H2,17,18). The molecule has 1 heterocycles. The molecule has 6 heteroatoms. The van der Waals surface area contributed by atoms with Crippen LogP contribution in [-0.2, 0) is 6.18 Å². The van der Waals surface area contributed by atoms with Crippen LogP contribution in [0.3, 0.4) is 0 Å². The molecular formula is C13H18F3N3. The third-order valence-corrected chi connectivity index (χ3v) is 3.77. The summed E-state index contributed by atoms with van der Waals surface area (Å²) in [6.07, 6.45) is 0.194. The molecule has 1 fully saturated rings. The summed E-state index contributed by atoms with van der Waals surface area (Å²) in [5.74, 6) is -0.474. The maximum absolute atomic E-state index is 12.8. The Morgan fingerprint density at radius 2 is 2.05 bits per heavy atom. The number of hydrogen-bond acceptors (Lipinski definition) is 3. The summed E-state index contributed by atoms with van der Waals surface area (Å²) < 4.78 is 38.3. The molecule has 0 aromatic carbocycles. The van der Waals surface area contributed by atoms with Crippen LogP contribution in [0.2, 0.25) is 0 Å². The molecule has 0 radical (unpaired) electrons. The van der Waals surface area contributed by atoms with E-state index in [0.29, 0.717) is 5.56 Å². The molecular weight excluding hydrogens is 255 g/mol. The van der Waals surface area contributed by atoms with Crippen molar-refractivity contribution < 1.29 is 13.2 Å². The first-order valence-electron chi connectivity index (χ1n) is 6.32. The van der Waals surface area contributed by atoms with Gasteiger partial charge in [-0.3, -0.25) is 0 Å². The van der Waals surface area contributed by atoms with Gasteiger partial charge >= 0.3 is 6.18 Å². The number of nitrogens with two attached hydrogens (primary N) is 1. The molecule has 1 unspecified atom stereocenters. The normalized spacial score (nSPS) is 19.8. The van der Waals surface area contributed by atoms with E-state index in [0.717, 1.165) is 25.3 Å². The molecule has 0 bridgehead atoms. The van der Waals surface area contributed by atoms with E-state index in [-0.39, 0.29) is 11.6 Å². The highest BCUT2D eigenvalue weighted by atomic mass is 19.4. The van der Waals surface area contributed by atoms with Crippen LogP contribution in [0.15, 0.2) is 12.3 Å². The second-order valence-electron chi connectivity index (χ2n) is 5.48. The van der Waals surface area contributed by atoms with Crippen LogP contribution in [-0.4, -0.2) is 10.5 Å². The Morgan fingerprint density at radius 1 is 1.42 bits per heavy atom. The van der Waals surface area contributed by atoms with Gasteiger partial charge in [0.1, 0.15) is 5.82 Å². The van der Waals surface area contributed by atoms with Gasteiger partial charge in [0.05, 0.1) is 5.56 Å². The Bertz CT molecular complexity index is 467. The number of nitrogen functional groups attached to an aromatic ring is 1. The van der Waals surface area contributed by atoms with Gasteiger partial charge in [-0.15, -0.1) is 0 Å². The highest BCUT2D eigenvalue weighted by Gasteiger charge is 2.36. The lowest BCUT2D eigenvalue weighted by Gasteiger charge is -2.41. The van der Waals surface area contributed by atoms with E-state index in [9.17, 15) is 13.2 Å². The summed E-state index contributed by atoms with van der Waals surface area (Å²) in [4.78, 5) is 3.66. The Morgan fingerprint density at radius 3 is 2.53 bits per heavy atom. The predicted octanol–water partition coefficient (Wildman–Crippen LogP) is 3.28. The molecule has 1 saturated carbocycles. The first-order valence-corrected chi connectivity index (χ1v) is 6.32. The zero-order chi connectivity index (χ0) is 14.3. The lowest BCUT2D eigenvalue weighted by atomic mass is 9.78. The first-order chi connectivity index (χ1) is 8.71. The topological polar surface area (TPSA) is 50.9 Å². The van der Waals surface area contributed by atoms with Gasteiger partial charge in [-0.1, -0.05) is 0 Å². The van der Waals surface area contributed by atoms with Crippen molar-refractivity contribution in [3.8, 4) is 0 Å². The number of rotatable bonds is 3. The lowest BCUT2D eigenvalue weighted by molar-refractivity contribution is -0.137. The Hall–Kier alpha value is -1.30. The molecule has 0 amide bonds. The first kappa shape index (κ1) is 14.1. The van der Waals surface area contributed by atoms with E-state index >= 15 is 0 Å². The number of halogens is 3. The van der Waals surface area contributed by atoms with Gasteiger partial charge in [-0.2, -0.15) is 13.2 Å². The zero-order valence-corrected chi connectivity index (χ0v) is 11.0. The van der Waals surface area contributed by atoms with E-state index in [4.69, 9.17) is 5.73 Å². The SMILES string of the molecule is CC(NC1(C)CCC1)c1cnc(N)c(C(F)(F)F)c1. The Balaban J connectivity index is 2.20. The highest BCUT2D eigenvalue weighted by molar-refractivity contribution is 5.43.